The first-order valence-corrected chi connectivity index (χ1v) is 10.8. The van der Waals surface area contributed by atoms with Gasteiger partial charge in [0, 0.05) is 32.2 Å². The fourth-order valence-electron chi connectivity index (χ4n) is 4.14. The highest BCUT2D eigenvalue weighted by atomic mass is 32.2. The molecule has 0 radical (unpaired) electrons. The fraction of sp³-hybridized carbons (Fsp3) is 0.824. The minimum absolute atomic E-state index is 0.0927. The van der Waals surface area contributed by atoms with E-state index in [-0.39, 0.29) is 17.6 Å². The van der Waals surface area contributed by atoms with Gasteiger partial charge in [0.2, 0.25) is 15.9 Å². The second-order valence-electron chi connectivity index (χ2n) is 7.46. The third-order valence-electron chi connectivity index (χ3n) is 5.31. The topological polar surface area (TPSA) is 75.7 Å². The van der Waals surface area contributed by atoms with Gasteiger partial charge in [-0.1, -0.05) is 11.6 Å². The van der Waals surface area contributed by atoms with E-state index in [1.807, 2.05) is 4.90 Å². The molecule has 1 aliphatic carbocycles. The predicted octanol–water partition coefficient (Wildman–Crippen LogP) is 1.58. The Morgan fingerprint density at radius 2 is 2.29 bits per heavy atom. The normalized spacial score (nSPS) is 31.3. The quantitative estimate of drug-likeness (QED) is 0.776. The van der Waals surface area contributed by atoms with Crippen LogP contribution in [0.15, 0.2) is 11.6 Å². The van der Waals surface area contributed by atoms with Crippen LogP contribution in [-0.4, -0.2) is 56.8 Å². The molecule has 3 aliphatic rings. The number of amides is 1. The van der Waals surface area contributed by atoms with Crippen LogP contribution in [-0.2, 0) is 19.6 Å². The summed E-state index contributed by atoms with van der Waals surface area (Å²) in [4.78, 5) is 14.5. The van der Waals surface area contributed by atoms with Gasteiger partial charge < -0.3 is 9.64 Å². The van der Waals surface area contributed by atoms with E-state index in [0.29, 0.717) is 39.0 Å². The number of carbonyl (C=O) groups is 1. The number of carbonyl (C=O) groups excluding carboxylic acids is 1. The zero-order valence-corrected chi connectivity index (χ0v) is 15.2. The molecule has 0 aromatic carbocycles. The minimum atomic E-state index is -3.21. The van der Waals surface area contributed by atoms with Crippen LogP contribution >= 0.6 is 0 Å². The molecule has 1 spiro atoms. The van der Waals surface area contributed by atoms with Crippen molar-refractivity contribution in [1.82, 2.24) is 9.62 Å². The molecule has 0 aromatic heterocycles. The molecule has 2 saturated heterocycles. The summed E-state index contributed by atoms with van der Waals surface area (Å²) in [5.74, 6) is 0.182. The molecule has 7 heteroatoms. The summed E-state index contributed by atoms with van der Waals surface area (Å²) in [5.41, 5.74) is 0.894. The Labute approximate surface area is 144 Å². The van der Waals surface area contributed by atoms with Crippen LogP contribution in [0.25, 0.3) is 0 Å². The smallest absolute Gasteiger partial charge is 0.226 e. The van der Waals surface area contributed by atoms with Crippen molar-refractivity contribution >= 4 is 15.9 Å². The molecular formula is C17H28N2O4S. The van der Waals surface area contributed by atoms with Crippen LogP contribution in [0.5, 0.6) is 0 Å². The van der Waals surface area contributed by atoms with E-state index in [2.05, 4.69) is 10.8 Å². The number of hydrogen-bond acceptors (Lipinski definition) is 4. The van der Waals surface area contributed by atoms with Crippen LogP contribution in [0.4, 0.5) is 0 Å². The van der Waals surface area contributed by atoms with E-state index in [1.54, 1.807) is 0 Å². The van der Waals surface area contributed by atoms with Crippen LogP contribution in [0.1, 0.15) is 51.4 Å². The van der Waals surface area contributed by atoms with Gasteiger partial charge >= 0.3 is 0 Å². The van der Waals surface area contributed by atoms with Crippen molar-refractivity contribution in [2.24, 2.45) is 0 Å². The Bertz CT molecular complexity index is 616. The highest BCUT2D eigenvalue weighted by Crippen LogP contribution is 2.35. The number of nitrogens with one attached hydrogen (secondary N) is 1. The third-order valence-corrected chi connectivity index (χ3v) is 6.07. The number of allylic oxidation sites excluding steroid dienone is 1. The molecule has 0 saturated carbocycles. The fourth-order valence-corrected chi connectivity index (χ4v) is 4.95. The van der Waals surface area contributed by atoms with Gasteiger partial charge in [0.1, 0.15) is 0 Å². The van der Waals surface area contributed by atoms with Crippen LogP contribution in [0.3, 0.4) is 0 Å². The maximum atomic E-state index is 12.6. The lowest BCUT2D eigenvalue weighted by atomic mass is 9.90. The molecule has 2 heterocycles. The van der Waals surface area contributed by atoms with Gasteiger partial charge in [-0.2, -0.15) is 0 Å². The first-order valence-electron chi connectivity index (χ1n) is 8.92. The lowest BCUT2D eigenvalue weighted by Gasteiger charge is -2.38. The molecule has 0 unspecified atom stereocenters. The van der Waals surface area contributed by atoms with Gasteiger partial charge in [0.25, 0.3) is 0 Å². The van der Waals surface area contributed by atoms with E-state index < -0.39 is 10.0 Å². The molecule has 2 atom stereocenters. The maximum Gasteiger partial charge on any atom is 0.226 e. The molecule has 6 nitrogen and oxygen atoms in total. The SMILES string of the molecule is CS(=O)(=O)N[C@@H]1CCO[C@]2(CCN(C(=O)CC3=CCCCC3)C2)C1. The number of likely N-dealkylation sites (tertiary alicyclic amines) is 1. The van der Waals surface area contributed by atoms with Crippen molar-refractivity contribution in [1.29, 1.82) is 0 Å². The van der Waals surface area contributed by atoms with Crippen LogP contribution in [0.2, 0.25) is 0 Å². The summed E-state index contributed by atoms with van der Waals surface area (Å²) in [5, 5.41) is 0. The van der Waals surface area contributed by atoms with Gasteiger partial charge in [0.05, 0.1) is 11.9 Å². The van der Waals surface area contributed by atoms with Crippen molar-refractivity contribution < 1.29 is 17.9 Å². The van der Waals surface area contributed by atoms with Gasteiger partial charge in [-0.25, -0.2) is 13.1 Å². The lowest BCUT2D eigenvalue weighted by molar-refractivity contribution is -0.132. The predicted molar refractivity (Wildman–Crippen MR) is 92.0 cm³/mol. The molecule has 136 valence electrons. The lowest BCUT2D eigenvalue weighted by Crippen LogP contribution is -2.50. The number of hydrogen-bond donors (Lipinski definition) is 1. The summed E-state index contributed by atoms with van der Waals surface area (Å²) in [6, 6.07) is -0.0927. The molecule has 3 rings (SSSR count). The zero-order chi connectivity index (χ0) is 17.2. The highest BCUT2D eigenvalue weighted by molar-refractivity contribution is 7.88. The molecule has 1 N–H and O–H groups in total. The first-order chi connectivity index (χ1) is 11.4. The van der Waals surface area contributed by atoms with E-state index in [4.69, 9.17) is 4.74 Å². The zero-order valence-electron chi connectivity index (χ0n) is 14.4. The molecule has 2 fully saturated rings. The van der Waals surface area contributed by atoms with Crippen LogP contribution in [0, 0.1) is 0 Å². The molecule has 0 aromatic rings. The maximum absolute atomic E-state index is 12.6. The van der Waals surface area contributed by atoms with E-state index >= 15 is 0 Å². The van der Waals surface area contributed by atoms with Crippen molar-refractivity contribution in [3.63, 3.8) is 0 Å². The van der Waals surface area contributed by atoms with Crippen LogP contribution < -0.4 is 4.72 Å². The second-order valence-corrected chi connectivity index (χ2v) is 9.24. The Morgan fingerprint density at radius 1 is 1.46 bits per heavy atom. The van der Waals surface area contributed by atoms with Gasteiger partial charge in [-0.3, -0.25) is 4.79 Å². The Kier molecular flexibility index (Phi) is 5.32. The third kappa shape index (κ3) is 4.58. The molecule has 1 amide bonds. The van der Waals surface area contributed by atoms with Crippen molar-refractivity contribution in [2.75, 3.05) is 26.0 Å². The van der Waals surface area contributed by atoms with Crippen molar-refractivity contribution in [3.8, 4) is 0 Å². The summed E-state index contributed by atoms with van der Waals surface area (Å²) in [6.07, 6.45) is 10.6. The molecular weight excluding hydrogens is 328 g/mol. The number of nitrogens with zero attached hydrogens (tertiary/aromatic N) is 1. The van der Waals surface area contributed by atoms with Gasteiger partial charge in [-0.05, 0) is 44.9 Å². The number of ether oxygens (including phenoxy) is 1. The largest absolute Gasteiger partial charge is 0.373 e. The van der Waals surface area contributed by atoms with Crippen molar-refractivity contribution in [2.45, 2.75) is 63.0 Å². The minimum Gasteiger partial charge on any atom is -0.373 e. The Hall–Kier alpha value is -0.920. The Balaban J connectivity index is 1.57. The summed E-state index contributed by atoms with van der Waals surface area (Å²) < 4.78 is 31.6. The number of rotatable bonds is 4. The number of sulfonamides is 1. The average molecular weight is 356 g/mol. The van der Waals surface area contributed by atoms with Crippen molar-refractivity contribution in [3.05, 3.63) is 11.6 Å². The molecule has 24 heavy (non-hydrogen) atoms. The van der Waals surface area contributed by atoms with Gasteiger partial charge in [-0.15, -0.1) is 0 Å². The monoisotopic (exact) mass is 356 g/mol. The van der Waals surface area contributed by atoms with Gasteiger partial charge in [0.15, 0.2) is 0 Å². The Morgan fingerprint density at radius 3 is 3.00 bits per heavy atom. The standard InChI is InChI=1S/C17H28N2O4S/c1-24(21,22)18-15-7-10-23-17(12-15)8-9-19(13-17)16(20)11-14-5-3-2-4-6-14/h5,15,18H,2-4,6-13H2,1H3/t15-,17-/m1/s1. The summed E-state index contributed by atoms with van der Waals surface area (Å²) >= 11 is 0. The van der Waals surface area contributed by atoms with E-state index in [0.717, 1.165) is 19.3 Å². The first kappa shape index (κ1) is 17.9. The molecule has 2 aliphatic heterocycles. The highest BCUT2D eigenvalue weighted by Gasteiger charge is 2.45. The summed E-state index contributed by atoms with van der Waals surface area (Å²) in [7, 11) is -3.21. The summed E-state index contributed by atoms with van der Waals surface area (Å²) in [6.45, 7) is 1.83. The average Bonchev–Trinajstić information content (AvgIpc) is 2.90. The second kappa shape index (κ2) is 7.14. The van der Waals surface area contributed by atoms with E-state index in [9.17, 15) is 13.2 Å². The van der Waals surface area contributed by atoms with E-state index in [1.165, 1.54) is 24.7 Å². The molecule has 0 bridgehead atoms.